The molecule has 0 spiro atoms. The Bertz CT molecular complexity index is 743. The first-order chi connectivity index (χ1) is 9.42. The third-order valence-corrected chi connectivity index (χ3v) is 3.27. The lowest BCUT2D eigenvalue weighted by Crippen LogP contribution is -2.12. The first-order valence-corrected chi connectivity index (χ1v) is 7.62. The number of rotatable bonds is 4. The van der Waals surface area contributed by atoms with E-state index in [4.69, 9.17) is 0 Å². The van der Waals surface area contributed by atoms with Gasteiger partial charge in [-0.25, -0.2) is 12.8 Å². The molecule has 0 saturated carbocycles. The lowest BCUT2D eigenvalue weighted by molar-refractivity contribution is 0.112. The summed E-state index contributed by atoms with van der Waals surface area (Å²) in [7, 11) is -3.61. The third kappa shape index (κ3) is 3.03. The van der Waals surface area contributed by atoms with Gasteiger partial charge in [0.05, 0.1) is 17.5 Å². The summed E-state index contributed by atoms with van der Waals surface area (Å²) in [4.78, 5) is 11.1. The Labute approximate surface area is 116 Å². The van der Waals surface area contributed by atoms with Crippen molar-refractivity contribution < 1.29 is 17.6 Å². The Morgan fingerprint density at radius 3 is 2.30 bits per heavy atom. The first kappa shape index (κ1) is 14.2. The van der Waals surface area contributed by atoms with Crippen LogP contribution in [0.5, 0.6) is 0 Å². The van der Waals surface area contributed by atoms with Crippen LogP contribution in [-0.4, -0.2) is 21.0 Å². The second-order valence-corrected chi connectivity index (χ2v) is 5.99. The van der Waals surface area contributed by atoms with Crippen molar-refractivity contribution in [2.45, 2.75) is 0 Å². The molecule has 0 heterocycles. The summed E-state index contributed by atoms with van der Waals surface area (Å²) in [6.45, 7) is 0. The predicted octanol–water partition coefficient (Wildman–Crippen LogP) is 2.68. The Balaban J connectivity index is 2.58. The van der Waals surface area contributed by atoms with Gasteiger partial charge >= 0.3 is 0 Å². The van der Waals surface area contributed by atoms with Crippen LogP contribution in [0.3, 0.4) is 0 Å². The van der Waals surface area contributed by atoms with E-state index in [0.717, 1.165) is 6.26 Å². The summed E-state index contributed by atoms with van der Waals surface area (Å²) in [5, 5.41) is 0. The topological polar surface area (TPSA) is 63.2 Å². The number of sulfonamides is 1. The van der Waals surface area contributed by atoms with Crippen LogP contribution in [0, 0.1) is 5.82 Å². The molecular formula is C14H12FNO3S. The van der Waals surface area contributed by atoms with Gasteiger partial charge < -0.3 is 0 Å². The molecule has 0 saturated heterocycles. The zero-order chi connectivity index (χ0) is 14.8. The number of hydrogen-bond acceptors (Lipinski definition) is 3. The van der Waals surface area contributed by atoms with Crippen molar-refractivity contribution in [2.24, 2.45) is 0 Å². The highest BCUT2D eigenvalue weighted by molar-refractivity contribution is 7.92. The fraction of sp³-hybridized carbons (Fsp3) is 0.0714. The number of aldehydes is 1. The average Bonchev–Trinajstić information content (AvgIpc) is 2.40. The van der Waals surface area contributed by atoms with E-state index in [1.54, 1.807) is 30.3 Å². The van der Waals surface area contributed by atoms with Gasteiger partial charge in [-0.2, -0.15) is 0 Å². The maximum Gasteiger partial charge on any atom is 0.229 e. The van der Waals surface area contributed by atoms with E-state index >= 15 is 0 Å². The number of hydrogen-bond donors (Lipinski definition) is 1. The van der Waals surface area contributed by atoms with Gasteiger partial charge in [0, 0.05) is 0 Å². The maximum absolute atomic E-state index is 14.2. The van der Waals surface area contributed by atoms with E-state index in [-0.39, 0.29) is 11.3 Å². The molecule has 0 atom stereocenters. The van der Waals surface area contributed by atoms with Crippen LogP contribution >= 0.6 is 0 Å². The van der Waals surface area contributed by atoms with Gasteiger partial charge in [0.15, 0.2) is 12.1 Å². The number of carbonyl (C=O) groups is 1. The minimum atomic E-state index is -3.61. The van der Waals surface area contributed by atoms with E-state index in [9.17, 15) is 17.6 Å². The number of nitrogens with one attached hydrogen (secondary N) is 1. The number of anilines is 1. The number of halogens is 1. The monoisotopic (exact) mass is 293 g/mol. The molecule has 0 unspecified atom stereocenters. The average molecular weight is 293 g/mol. The van der Waals surface area contributed by atoms with Crippen LogP contribution in [0.25, 0.3) is 11.1 Å². The normalized spacial score (nSPS) is 11.1. The molecule has 2 rings (SSSR count). The lowest BCUT2D eigenvalue weighted by Gasteiger charge is -2.11. The molecule has 0 radical (unpaired) electrons. The van der Waals surface area contributed by atoms with Crippen LogP contribution in [-0.2, 0) is 10.0 Å². The van der Waals surface area contributed by atoms with Crippen molar-refractivity contribution in [1.29, 1.82) is 0 Å². The van der Waals surface area contributed by atoms with E-state index in [0.29, 0.717) is 17.4 Å². The molecule has 104 valence electrons. The van der Waals surface area contributed by atoms with Crippen LogP contribution in [0.15, 0.2) is 42.5 Å². The van der Waals surface area contributed by atoms with E-state index in [1.165, 1.54) is 12.1 Å². The zero-order valence-electron chi connectivity index (χ0n) is 10.6. The van der Waals surface area contributed by atoms with E-state index in [2.05, 4.69) is 0 Å². The molecule has 0 aliphatic carbocycles. The van der Waals surface area contributed by atoms with Crippen molar-refractivity contribution in [1.82, 2.24) is 0 Å². The van der Waals surface area contributed by atoms with Crippen LogP contribution in [0.4, 0.5) is 10.1 Å². The Morgan fingerprint density at radius 2 is 1.75 bits per heavy atom. The molecule has 6 heteroatoms. The molecule has 2 aromatic rings. The highest BCUT2D eigenvalue weighted by Crippen LogP contribution is 2.29. The van der Waals surface area contributed by atoms with Crippen molar-refractivity contribution in [2.75, 3.05) is 11.0 Å². The molecule has 1 N–H and O–H groups in total. The van der Waals surface area contributed by atoms with Crippen LogP contribution < -0.4 is 4.72 Å². The minimum Gasteiger partial charge on any atom is -0.298 e. The molecule has 0 bridgehead atoms. The smallest absolute Gasteiger partial charge is 0.229 e. The molecule has 4 nitrogen and oxygen atoms in total. The minimum absolute atomic E-state index is 0.176. The van der Waals surface area contributed by atoms with Crippen molar-refractivity contribution >= 4 is 22.0 Å². The van der Waals surface area contributed by atoms with Gasteiger partial charge in [-0.3, -0.25) is 9.52 Å². The highest BCUT2D eigenvalue weighted by Gasteiger charge is 2.16. The van der Waals surface area contributed by atoms with E-state index < -0.39 is 15.8 Å². The second-order valence-electron chi connectivity index (χ2n) is 4.25. The van der Waals surface area contributed by atoms with Gasteiger partial charge in [0.2, 0.25) is 10.0 Å². The summed E-state index contributed by atoms with van der Waals surface area (Å²) in [6, 6.07) is 11.6. The van der Waals surface area contributed by atoms with Crippen molar-refractivity contribution in [3.8, 4) is 11.1 Å². The Morgan fingerprint density at radius 1 is 1.10 bits per heavy atom. The summed E-state index contributed by atoms with van der Waals surface area (Å²) in [5.41, 5.74) is 0.677. The van der Waals surface area contributed by atoms with Gasteiger partial charge in [-0.1, -0.05) is 36.4 Å². The summed E-state index contributed by atoms with van der Waals surface area (Å²) >= 11 is 0. The SMILES string of the molecule is CS(=O)(=O)Nc1ccc(-c2ccccc2)c(C=O)c1F. The first-order valence-electron chi connectivity index (χ1n) is 5.73. The van der Waals surface area contributed by atoms with Gasteiger partial charge in [0.1, 0.15) is 0 Å². The molecular weight excluding hydrogens is 281 g/mol. The second kappa shape index (κ2) is 5.42. The summed E-state index contributed by atoms with van der Waals surface area (Å²) in [5.74, 6) is -0.883. The summed E-state index contributed by atoms with van der Waals surface area (Å²) < 4.78 is 38.5. The van der Waals surface area contributed by atoms with Gasteiger partial charge in [-0.05, 0) is 17.2 Å². The predicted molar refractivity (Wildman–Crippen MR) is 75.7 cm³/mol. The molecule has 0 aromatic heterocycles. The molecule has 0 amide bonds. The largest absolute Gasteiger partial charge is 0.298 e. The van der Waals surface area contributed by atoms with Crippen molar-refractivity contribution in [3.63, 3.8) is 0 Å². The lowest BCUT2D eigenvalue weighted by atomic mass is 9.99. The maximum atomic E-state index is 14.2. The standard InChI is InChI=1S/C14H12FNO3S/c1-20(18,19)16-13-8-7-11(12(9-17)14(13)15)10-5-3-2-4-6-10/h2-9,16H,1H3. The fourth-order valence-electron chi connectivity index (χ4n) is 1.86. The molecule has 20 heavy (non-hydrogen) atoms. The quantitative estimate of drug-likeness (QED) is 0.881. The Hall–Kier alpha value is -2.21. The number of benzene rings is 2. The molecule has 0 aliphatic heterocycles. The van der Waals surface area contributed by atoms with Crippen LogP contribution in [0.2, 0.25) is 0 Å². The molecule has 0 fully saturated rings. The van der Waals surface area contributed by atoms with Gasteiger partial charge in [-0.15, -0.1) is 0 Å². The molecule has 0 aliphatic rings. The number of carbonyl (C=O) groups excluding carboxylic acids is 1. The van der Waals surface area contributed by atoms with Crippen LogP contribution in [0.1, 0.15) is 10.4 Å². The summed E-state index contributed by atoms with van der Waals surface area (Å²) in [6.07, 6.45) is 1.29. The van der Waals surface area contributed by atoms with E-state index in [1.807, 2.05) is 4.72 Å². The Kier molecular flexibility index (Phi) is 3.85. The molecule has 2 aromatic carbocycles. The van der Waals surface area contributed by atoms with Crippen molar-refractivity contribution in [3.05, 3.63) is 53.8 Å². The third-order valence-electron chi connectivity index (χ3n) is 2.68. The van der Waals surface area contributed by atoms with Gasteiger partial charge in [0.25, 0.3) is 0 Å². The fourth-order valence-corrected chi connectivity index (χ4v) is 2.41. The zero-order valence-corrected chi connectivity index (χ0v) is 11.4. The highest BCUT2D eigenvalue weighted by atomic mass is 32.2.